The maximum atomic E-state index is 9.37. The molecule has 4 heteroatoms. The van der Waals surface area contributed by atoms with E-state index in [-0.39, 0.29) is 0 Å². The van der Waals surface area contributed by atoms with Gasteiger partial charge in [-0.1, -0.05) is 12.1 Å². The summed E-state index contributed by atoms with van der Waals surface area (Å²) in [6.07, 6.45) is 1.20. The summed E-state index contributed by atoms with van der Waals surface area (Å²) in [7, 11) is 0. The number of benzene rings is 1. The quantitative estimate of drug-likeness (QED) is 0.887. The first-order chi connectivity index (χ1) is 7.65. The lowest BCUT2D eigenvalue weighted by Crippen LogP contribution is -1.89. The van der Waals surface area contributed by atoms with E-state index in [1.54, 1.807) is 13.2 Å². The Hall–Kier alpha value is -1.26. The summed E-state index contributed by atoms with van der Waals surface area (Å²) >= 11 is 1.47. The number of aliphatic hydroxyl groups excluding tert-OH is 1. The highest BCUT2D eigenvalue weighted by molar-refractivity contribution is 7.99. The lowest BCUT2D eigenvalue weighted by Gasteiger charge is -2.04. The number of aromatic nitrogens is 1. The van der Waals surface area contributed by atoms with Crippen molar-refractivity contribution in [3.8, 4) is 0 Å². The van der Waals surface area contributed by atoms with E-state index in [9.17, 15) is 5.11 Å². The molecular formula is C12H13NO2S. The number of aryl methyl sites for hydroxylation is 1. The molecule has 0 bridgehead atoms. The summed E-state index contributed by atoms with van der Waals surface area (Å²) in [6.45, 7) is 3.64. The van der Waals surface area contributed by atoms with Crippen molar-refractivity contribution in [1.29, 1.82) is 0 Å². The molecule has 0 radical (unpaired) electrons. The Morgan fingerprint density at radius 1 is 1.31 bits per heavy atom. The maximum Gasteiger partial charge on any atom is 0.260 e. The van der Waals surface area contributed by atoms with Crippen LogP contribution in [0, 0.1) is 6.92 Å². The van der Waals surface area contributed by atoms with Gasteiger partial charge in [0.25, 0.3) is 5.22 Å². The number of hydrogen-bond donors (Lipinski definition) is 1. The second-order valence-corrected chi connectivity index (χ2v) is 4.63. The van der Waals surface area contributed by atoms with Gasteiger partial charge in [-0.05, 0) is 43.3 Å². The molecule has 0 fully saturated rings. The van der Waals surface area contributed by atoms with Crippen molar-refractivity contribution in [2.45, 2.75) is 30.1 Å². The van der Waals surface area contributed by atoms with E-state index in [2.05, 4.69) is 4.98 Å². The molecule has 0 saturated carbocycles. The first kappa shape index (κ1) is 11.2. The van der Waals surface area contributed by atoms with Crippen molar-refractivity contribution in [3.63, 3.8) is 0 Å². The van der Waals surface area contributed by atoms with Gasteiger partial charge >= 0.3 is 0 Å². The molecule has 3 nitrogen and oxygen atoms in total. The molecule has 0 aliphatic carbocycles. The maximum absolute atomic E-state index is 9.37. The van der Waals surface area contributed by atoms with Crippen molar-refractivity contribution < 1.29 is 9.52 Å². The van der Waals surface area contributed by atoms with Gasteiger partial charge in [-0.25, -0.2) is 4.98 Å². The van der Waals surface area contributed by atoms with Crippen LogP contribution < -0.4 is 0 Å². The van der Waals surface area contributed by atoms with Gasteiger partial charge in [-0.2, -0.15) is 0 Å². The van der Waals surface area contributed by atoms with Crippen LogP contribution in [-0.4, -0.2) is 10.1 Å². The Labute approximate surface area is 98.5 Å². The molecule has 1 N–H and O–H groups in total. The third kappa shape index (κ3) is 2.65. The molecule has 0 aliphatic heterocycles. The van der Waals surface area contributed by atoms with Crippen LogP contribution in [0.1, 0.15) is 24.3 Å². The third-order valence-electron chi connectivity index (χ3n) is 2.17. The first-order valence-corrected chi connectivity index (χ1v) is 5.85. The lowest BCUT2D eigenvalue weighted by atomic mass is 10.1. The van der Waals surface area contributed by atoms with E-state index in [1.165, 1.54) is 11.8 Å². The van der Waals surface area contributed by atoms with Crippen molar-refractivity contribution in [2.24, 2.45) is 0 Å². The second-order valence-electron chi connectivity index (χ2n) is 3.60. The molecule has 0 aliphatic rings. The first-order valence-electron chi connectivity index (χ1n) is 5.03. The summed E-state index contributed by atoms with van der Waals surface area (Å²) in [5, 5.41) is 10.0. The number of nitrogens with zero attached hydrogens (tertiary/aromatic N) is 1. The summed E-state index contributed by atoms with van der Waals surface area (Å²) in [4.78, 5) is 5.26. The SMILES string of the molecule is Cc1coc(Sc2ccc([C@@H](C)O)cc2)n1. The number of rotatable bonds is 3. The van der Waals surface area contributed by atoms with E-state index in [0.717, 1.165) is 16.2 Å². The largest absolute Gasteiger partial charge is 0.439 e. The van der Waals surface area contributed by atoms with Crippen LogP contribution in [0.4, 0.5) is 0 Å². The molecule has 1 aromatic carbocycles. The molecule has 0 amide bonds. The van der Waals surface area contributed by atoms with Crippen LogP contribution in [0.3, 0.4) is 0 Å². The molecule has 0 unspecified atom stereocenters. The van der Waals surface area contributed by atoms with Gasteiger partial charge < -0.3 is 9.52 Å². The Bertz CT molecular complexity index is 462. The number of aliphatic hydroxyl groups is 1. The average Bonchev–Trinajstić information content (AvgIpc) is 2.65. The summed E-state index contributed by atoms with van der Waals surface area (Å²) < 4.78 is 5.25. The molecule has 1 atom stereocenters. The van der Waals surface area contributed by atoms with Crippen LogP contribution in [0.5, 0.6) is 0 Å². The van der Waals surface area contributed by atoms with Crippen molar-refractivity contribution in [3.05, 3.63) is 41.8 Å². The van der Waals surface area contributed by atoms with Crippen molar-refractivity contribution in [2.75, 3.05) is 0 Å². The fourth-order valence-corrected chi connectivity index (χ4v) is 2.05. The fourth-order valence-electron chi connectivity index (χ4n) is 1.29. The highest BCUT2D eigenvalue weighted by Crippen LogP contribution is 2.27. The number of hydrogen-bond acceptors (Lipinski definition) is 4. The van der Waals surface area contributed by atoms with Gasteiger partial charge in [0.05, 0.1) is 11.8 Å². The molecule has 84 valence electrons. The summed E-state index contributed by atoms with van der Waals surface area (Å²) in [5.41, 5.74) is 1.79. The predicted molar refractivity (Wildman–Crippen MR) is 62.4 cm³/mol. The van der Waals surface area contributed by atoms with Crippen molar-refractivity contribution >= 4 is 11.8 Å². The normalized spacial score (nSPS) is 12.7. The third-order valence-corrected chi connectivity index (χ3v) is 3.04. The topological polar surface area (TPSA) is 46.3 Å². The molecule has 0 saturated heterocycles. The van der Waals surface area contributed by atoms with Gasteiger partial charge in [0.1, 0.15) is 6.26 Å². The average molecular weight is 235 g/mol. The molecule has 16 heavy (non-hydrogen) atoms. The molecule has 1 heterocycles. The monoisotopic (exact) mass is 235 g/mol. The molecular weight excluding hydrogens is 222 g/mol. The van der Waals surface area contributed by atoms with E-state index >= 15 is 0 Å². The van der Waals surface area contributed by atoms with Gasteiger partial charge in [0.2, 0.25) is 0 Å². The Morgan fingerprint density at radius 3 is 2.50 bits per heavy atom. The zero-order chi connectivity index (χ0) is 11.5. The van der Waals surface area contributed by atoms with Crippen LogP contribution in [0.25, 0.3) is 0 Å². The van der Waals surface area contributed by atoms with Crippen molar-refractivity contribution in [1.82, 2.24) is 4.98 Å². The van der Waals surface area contributed by atoms with Gasteiger partial charge in [0, 0.05) is 4.90 Å². The van der Waals surface area contributed by atoms with Crippen LogP contribution in [-0.2, 0) is 0 Å². The van der Waals surface area contributed by atoms with E-state index < -0.39 is 6.10 Å². The van der Waals surface area contributed by atoms with Crippen LogP contribution in [0.15, 0.2) is 45.1 Å². The molecule has 2 aromatic rings. The van der Waals surface area contributed by atoms with Gasteiger partial charge in [0.15, 0.2) is 0 Å². The van der Waals surface area contributed by atoms with E-state index in [0.29, 0.717) is 5.22 Å². The minimum atomic E-state index is -0.428. The zero-order valence-corrected chi connectivity index (χ0v) is 9.99. The summed E-state index contributed by atoms with van der Waals surface area (Å²) in [6, 6.07) is 7.71. The smallest absolute Gasteiger partial charge is 0.260 e. The molecule has 1 aromatic heterocycles. The fraction of sp³-hybridized carbons (Fsp3) is 0.250. The van der Waals surface area contributed by atoms with Gasteiger partial charge in [-0.15, -0.1) is 0 Å². The Balaban J connectivity index is 2.11. The van der Waals surface area contributed by atoms with E-state index in [1.807, 2.05) is 31.2 Å². The van der Waals surface area contributed by atoms with Crippen LogP contribution >= 0.6 is 11.8 Å². The lowest BCUT2D eigenvalue weighted by molar-refractivity contribution is 0.199. The Morgan fingerprint density at radius 2 is 2.00 bits per heavy atom. The molecule has 2 rings (SSSR count). The van der Waals surface area contributed by atoms with Gasteiger partial charge in [-0.3, -0.25) is 0 Å². The highest BCUT2D eigenvalue weighted by Gasteiger charge is 2.05. The minimum absolute atomic E-state index is 0.428. The highest BCUT2D eigenvalue weighted by atomic mass is 32.2. The second kappa shape index (κ2) is 4.72. The predicted octanol–water partition coefficient (Wildman–Crippen LogP) is 3.19. The standard InChI is InChI=1S/C12H13NO2S/c1-8-7-15-12(13-8)16-11-5-3-10(4-6-11)9(2)14/h3-7,9,14H,1-2H3/t9-/m1/s1. The zero-order valence-electron chi connectivity index (χ0n) is 9.18. The number of oxazole rings is 1. The molecule has 0 spiro atoms. The Kier molecular flexibility index (Phi) is 3.31. The summed E-state index contributed by atoms with van der Waals surface area (Å²) in [5.74, 6) is 0. The minimum Gasteiger partial charge on any atom is -0.439 e. The van der Waals surface area contributed by atoms with E-state index in [4.69, 9.17) is 4.42 Å². The van der Waals surface area contributed by atoms with Crippen LogP contribution in [0.2, 0.25) is 0 Å².